The first-order valence-electron chi connectivity index (χ1n) is 8.84. The summed E-state index contributed by atoms with van der Waals surface area (Å²) < 4.78 is 7.30. The van der Waals surface area contributed by atoms with Crippen LogP contribution in [0.2, 0.25) is 5.54 Å². The molecule has 2 radical (unpaired) electrons. The van der Waals surface area contributed by atoms with E-state index in [1.165, 1.54) is 6.33 Å². The Kier molecular flexibility index (Phi) is 14.3. The number of hydrogen-bond acceptors (Lipinski definition) is 8. The normalized spacial score (nSPS) is 21.7. The summed E-state index contributed by atoms with van der Waals surface area (Å²) >= 11 is 0. The van der Waals surface area contributed by atoms with Crippen molar-refractivity contribution in [2.75, 3.05) is 12.3 Å². The Morgan fingerprint density at radius 3 is 2.65 bits per heavy atom. The molecule has 4 rings (SSSR count). The molecule has 2 aromatic heterocycles. The van der Waals surface area contributed by atoms with Gasteiger partial charge >= 0.3 is 116 Å². The second kappa shape index (κ2) is 14.2. The maximum absolute atomic E-state index is 10.9. The first-order valence-corrected chi connectivity index (χ1v) is 9.87. The monoisotopic (exact) mass is 657 g/mol. The van der Waals surface area contributed by atoms with E-state index in [0.29, 0.717) is 24.2 Å². The average molecular weight is 658 g/mol. The molecule has 0 spiro atoms. The van der Waals surface area contributed by atoms with Crippen LogP contribution < -0.4 is 122 Å². The topological polar surface area (TPSA) is 140 Å². The molecule has 1 aromatic carbocycles. The molecule has 1 aliphatic carbocycles. The number of nitrogen functional groups attached to an aromatic ring is 1. The molecule has 31 heavy (non-hydrogen) atoms. The molecular formula is C18H20N5O4Rb2SiY. The Morgan fingerprint density at radius 2 is 1.97 bits per heavy atom. The fourth-order valence-corrected chi connectivity index (χ4v) is 4.57. The molecule has 3 aromatic rings. The minimum atomic E-state index is -2.11. The summed E-state index contributed by atoms with van der Waals surface area (Å²) in [6.07, 6.45) is 4.48. The average Bonchev–Trinajstić information content (AvgIpc) is 3.20. The van der Waals surface area contributed by atoms with Crippen molar-refractivity contribution < 1.29 is 169 Å². The van der Waals surface area contributed by atoms with Crippen molar-refractivity contribution in [3.05, 3.63) is 48.4 Å². The second-order valence-corrected chi connectivity index (χ2v) is 7.89. The van der Waals surface area contributed by atoms with Crippen molar-refractivity contribution in [1.29, 1.82) is 0 Å². The predicted octanol–water partition coefficient (Wildman–Crippen LogP) is -5.93. The number of rotatable bonds is 6. The Bertz CT molecular complexity index is 969. The van der Waals surface area contributed by atoms with Gasteiger partial charge in [0, 0.05) is 49.8 Å². The third-order valence-corrected chi connectivity index (χ3v) is 6.14. The Balaban J connectivity index is 0.00000160. The minimum Gasteiger partial charge on any atom is -0.634 e. The molecule has 0 amide bonds. The quantitative estimate of drug-likeness (QED) is 0.117. The van der Waals surface area contributed by atoms with Crippen molar-refractivity contribution in [2.24, 2.45) is 5.92 Å². The Morgan fingerprint density at radius 1 is 1.26 bits per heavy atom. The van der Waals surface area contributed by atoms with E-state index in [2.05, 4.69) is 21.1 Å². The van der Waals surface area contributed by atoms with Crippen LogP contribution in [-0.2, 0) is 44.1 Å². The third-order valence-electron chi connectivity index (χ3n) is 5.17. The van der Waals surface area contributed by atoms with E-state index in [1.807, 2.05) is 30.3 Å². The number of fused-ring (bicyclic) bond motifs is 1. The molecule has 0 saturated heterocycles. The molecule has 1 aliphatic rings. The molecule has 1 saturated carbocycles. The smallest absolute Gasteiger partial charge is 0.634 e. The van der Waals surface area contributed by atoms with Crippen molar-refractivity contribution in [3.63, 3.8) is 0 Å². The minimum absolute atomic E-state index is 0. The zero-order chi connectivity index (χ0) is 19.7. The summed E-state index contributed by atoms with van der Waals surface area (Å²) in [7, 11) is -0.448. The molecule has 2 heterocycles. The maximum Gasteiger partial charge on any atom is 1.00 e. The third kappa shape index (κ3) is 7.19. The number of nitrogens with two attached hydrogens (primary N) is 1. The number of anilines is 1. The van der Waals surface area contributed by atoms with Gasteiger partial charge in [-0.2, -0.15) is 5.54 Å². The van der Waals surface area contributed by atoms with Gasteiger partial charge in [0.15, 0.2) is 5.79 Å². The first-order chi connectivity index (χ1) is 13.5. The number of nitrogens with zero attached hydrogens (tertiary/aromatic N) is 4. The molecule has 9 nitrogen and oxygen atoms in total. The first kappa shape index (κ1) is 31.4. The van der Waals surface area contributed by atoms with Gasteiger partial charge in [-0.1, -0.05) is 36.8 Å². The van der Waals surface area contributed by atoms with Gasteiger partial charge in [0.05, 0.1) is 25.6 Å². The predicted molar refractivity (Wildman–Crippen MR) is 101 cm³/mol. The molecule has 3 atom stereocenters. The van der Waals surface area contributed by atoms with Crippen LogP contribution in [-0.4, -0.2) is 56.7 Å². The molecular weight excluding hydrogens is 638 g/mol. The van der Waals surface area contributed by atoms with E-state index in [4.69, 9.17) is 10.5 Å². The van der Waals surface area contributed by atoms with E-state index < -0.39 is 27.5 Å². The van der Waals surface area contributed by atoms with Gasteiger partial charge in [0.1, 0.15) is 5.95 Å². The number of ether oxygens (including phenoxy) is 1. The fraction of sp³-hybridized carbons (Fsp3) is 0.389. The van der Waals surface area contributed by atoms with Crippen molar-refractivity contribution in [1.82, 2.24) is 19.5 Å². The van der Waals surface area contributed by atoms with E-state index >= 15 is 0 Å². The Hall–Kier alpha value is 2.34. The van der Waals surface area contributed by atoms with Crippen LogP contribution in [0.4, 0.5) is 5.95 Å². The van der Waals surface area contributed by atoms with E-state index in [1.54, 1.807) is 4.57 Å². The fourth-order valence-electron chi connectivity index (χ4n) is 3.72. The van der Waals surface area contributed by atoms with Gasteiger partial charge in [-0.3, -0.25) is 14.7 Å². The largest absolute Gasteiger partial charge is 1.00 e. The van der Waals surface area contributed by atoms with E-state index in [9.17, 15) is 15.0 Å². The van der Waals surface area contributed by atoms with Crippen molar-refractivity contribution in [3.8, 4) is 0 Å². The summed E-state index contributed by atoms with van der Waals surface area (Å²) in [5.41, 5.74) is 7.07. The van der Waals surface area contributed by atoms with Crippen LogP contribution in [0.1, 0.15) is 18.0 Å². The molecule has 5 N–H and O–H groups in total. The molecule has 0 unspecified atom stereocenters. The van der Waals surface area contributed by atoms with Crippen LogP contribution in [0.15, 0.2) is 36.7 Å². The van der Waals surface area contributed by atoms with Crippen LogP contribution >= 0.6 is 0 Å². The zero-order valence-electron chi connectivity index (χ0n) is 17.5. The van der Waals surface area contributed by atoms with Crippen LogP contribution in [0, 0.1) is 12.1 Å². The van der Waals surface area contributed by atoms with Crippen LogP contribution in [0.3, 0.4) is 0 Å². The van der Waals surface area contributed by atoms with Crippen molar-refractivity contribution >= 4 is 26.9 Å². The molecule has 13 heteroatoms. The number of hydrogen-bond donors (Lipinski definition) is 4. The van der Waals surface area contributed by atoms with Gasteiger partial charge < -0.3 is 40.0 Å². The van der Waals surface area contributed by atoms with Gasteiger partial charge in [0.25, 0.3) is 0 Å². The summed E-state index contributed by atoms with van der Waals surface area (Å²) in [5.74, 6) is -2.74. The van der Waals surface area contributed by atoms with Crippen molar-refractivity contribution in [2.45, 2.75) is 30.4 Å². The van der Waals surface area contributed by atoms with Gasteiger partial charge in [-0.15, -0.1) is 0 Å². The summed E-state index contributed by atoms with van der Waals surface area (Å²) in [5, 5.41) is 21.9. The zero-order valence-corrected chi connectivity index (χ0v) is 31.2. The van der Waals surface area contributed by atoms with Gasteiger partial charge in [0.2, 0.25) is 0 Å². The number of imidazole rings is 1. The summed E-state index contributed by atoms with van der Waals surface area (Å²) in [6.45, 7) is 0.457. The van der Waals surface area contributed by atoms with Gasteiger partial charge in [-0.05, 0) is 11.8 Å². The summed E-state index contributed by atoms with van der Waals surface area (Å²) in [6, 6.07) is 8.87. The molecule has 0 aliphatic heterocycles. The summed E-state index contributed by atoms with van der Waals surface area (Å²) in [4.78, 5) is 21.9. The molecule has 1 fully saturated rings. The number of aromatic nitrogens is 4. The van der Waals surface area contributed by atoms with E-state index in [-0.39, 0.29) is 167 Å². The van der Waals surface area contributed by atoms with E-state index in [0.717, 1.165) is 5.56 Å². The SMILES string of the molecule is Nc1n[c-]c2ncn([C@H]3C[C@H]([Si-]O)[C@@H](COCc4ccccc4)C3(O)O)c2n1.[Rb+].[Rb+].[Y]. The standard InChI is InChI=1S/C18H20N5O4Si.2Rb.Y/c19-17-20-7-13-16(22-17)23(10-21-13)15-6-14(28-26)12(18(15,24)25)9-27-8-11-4-2-1-3-5-11;;;/h1-5,10,12,14-15,24-26H,6,8-9H2,(H2,19,20,22);;;/q-2;2*+1;/t12-,14+,15+;;;/m1.../s1. The second-order valence-electron chi connectivity index (χ2n) is 6.90. The maximum atomic E-state index is 10.9. The molecule has 150 valence electrons. The van der Waals surface area contributed by atoms with Crippen LogP contribution in [0.5, 0.6) is 0 Å². The van der Waals surface area contributed by atoms with Crippen LogP contribution in [0.25, 0.3) is 11.2 Å². The Labute approximate surface area is 305 Å². The molecule has 0 bridgehead atoms. The van der Waals surface area contributed by atoms with Gasteiger partial charge in [-0.25, -0.2) is 0 Å². The number of aliphatic hydroxyl groups is 2. The number of benzene rings is 1.